The van der Waals surface area contributed by atoms with Gasteiger partial charge < -0.3 is 15.5 Å². The highest BCUT2D eigenvalue weighted by Gasteiger charge is 2.18. The molecule has 1 fully saturated rings. The molecule has 0 unspecified atom stereocenters. The van der Waals surface area contributed by atoms with Gasteiger partial charge >= 0.3 is 0 Å². The Balaban J connectivity index is 1.95. The summed E-state index contributed by atoms with van der Waals surface area (Å²) < 4.78 is 7.37. The molecule has 3 rings (SSSR count). The van der Waals surface area contributed by atoms with Crippen LogP contribution in [0.5, 0.6) is 0 Å². The van der Waals surface area contributed by atoms with Gasteiger partial charge in [0.05, 0.1) is 11.4 Å². The van der Waals surface area contributed by atoms with Crippen molar-refractivity contribution in [2.75, 3.05) is 18.5 Å². The molecule has 6 nitrogen and oxygen atoms in total. The molecule has 1 saturated heterocycles. The minimum atomic E-state index is 0.348. The molecule has 6 heteroatoms. The fourth-order valence-electron chi connectivity index (χ4n) is 2.98. The molecule has 0 spiro atoms. The van der Waals surface area contributed by atoms with Crippen LogP contribution < -0.4 is 5.32 Å². The van der Waals surface area contributed by atoms with Crippen LogP contribution in [0.25, 0.3) is 11.4 Å². The SMILES string of the molecule is CCC(=N)c1ccc(-c2ccnn2CC)nc1NC1CCOCC1. The van der Waals surface area contributed by atoms with Crippen LogP contribution in [0, 0.1) is 5.41 Å². The molecule has 0 radical (unpaired) electrons. The van der Waals surface area contributed by atoms with Gasteiger partial charge in [0.15, 0.2) is 0 Å². The summed E-state index contributed by atoms with van der Waals surface area (Å²) in [4.78, 5) is 4.83. The van der Waals surface area contributed by atoms with Crippen LogP contribution in [0.2, 0.25) is 0 Å². The topological polar surface area (TPSA) is 75.8 Å². The smallest absolute Gasteiger partial charge is 0.136 e. The monoisotopic (exact) mass is 327 g/mol. The van der Waals surface area contributed by atoms with Gasteiger partial charge in [0.2, 0.25) is 0 Å². The zero-order chi connectivity index (χ0) is 16.9. The first kappa shape index (κ1) is 16.6. The number of rotatable bonds is 6. The average molecular weight is 327 g/mol. The zero-order valence-corrected chi connectivity index (χ0v) is 14.4. The molecule has 0 bridgehead atoms. The Kier molecular flexibility index (Phi) is 5.25. The second kappa shape index (κ2) is 7.57. The Morgan fingerprint density at radius 1 is 1.29 bits per heavy atom. The van der Waals surface area contributed by atoms with E-state index in [0.717, 1.165) is 55.4 Å². The Bertz CT molecular complexity index is 703. The standard InChI is InChI=1S/C18H25N5O/c1-3-15(19)14-5-6-16(17-7-10-20-23(17)4-2)22-18(14)21-13-8-11-24-12-9-13/h5-7,10,13,19H,3-4,8-9,11-12H2,1-2H3,(H,21,22). The van der Waals surface area contributed by atoms with Crippen molar-refractivity contribution in [1.82, 2.24) is 14.8 Å². The Hall–Kier alpha value is -2.21. The van der Waals surface area contributed by atoms with Crippen molar-refractivity contribution in [2.45, 2.75) is 45.7 Å². The second-order valence-electron chi connectivity index (χ2n) is 5.99. The number of nitrogens with zero attached hydrogens (tertiary/aromatic N) is 3. The summed E-state index contributed by atoms with van der Waals surface area (Å²) in [5.41, 5.74) is 3.38. The van der Waals surface area contributed by atoms with E-state index in [1.54, 1.807) is 6.20 Å². The van der Waals surface area contributed by atoms with Crippen LogP contribution in [-0.4, -0.2) is 39.7 Å². The van der Waals surface area contributed by atoms with Crippen LogP contribution >= 0.6 is 0 Å². The molecular weight excluding hydrogens is 302 g/mol. The first-order chi connectivity index (χ1) is 11.7. The summed E-state index contributed by atoms with van der Waals surface area (Å²) >= 11 is 0. The van der Waals surface area contributed by atoms with E-state index in [-0.39, 0.29) is 0 Å². The highest BCUT2D eigenvalue weighted by molar-refractivity contribution is 6.02. The van der Waals surface area contributed by atoms with Gasteiger partial charge in [-0.15, -0.1) is 0 Å². The first-order valence-corrected chi connectivity index (χ1v) is 8.68. The molecule has 0 aromatic carbocycles. The van der Waals surface area contributed by atoms with Gasteiger partial charge in [0, 0.05) is 43.3 Å². The number of aromatic nitrogens is 3. The third kappa shape index (κ3) is 3.48. The van der Waals surface area contributed by atoms with Gasteiger partial charge in [0.25, 0.3) is 0 Å². The summed E-state index contributed by atoms with van der Waals surface area (Å²) in [5, 5.41) is 16.1. The lowest BCUT2D eigenvalue weighted by Crippen LogP contribution is -2.29. The summed E-state index contributed by atoms with van der Waals surface area (Å²) in [7, 11) is 0. The molecule has 128 valence electrons. The molecule has 2 aromatic heterocycles. The summed E-state index contributed by atoms with van der Waals surface area (Å²) in [6.45, 7) is 6.43. The lowest BCUT2D eigenvalue weighted by Gasteiger charge is -2.25. The van der Waals surface area contributed by atoms with Gasteiger partial charge in [-0.25, -0.2) is 4.98 Å². The Morgan fingerprint density at radius 2 is 2.08 bits per heavy atom. The van der Waals surface area contributed by atoms with E-state index in [1.165, 1.54) is 0 Å². The van der Waals surface area contributed by atoms with E-state index in [2.05, 4.69) is 17.3 Å². The molecule has 24 heavy (non-hydrogen) atoms. The third-order valence-electron chi connectivity index (χ3n) is 4.41. The fourth-order valence-corrected chi connectivity index (χ4v) is 2.98. The number of aryl methyl sites for hydroxylation is 1. The second-order valence-corrected chi connectivity index (χ2v) is 5.99. The van der Waals surface area contributed by atoms with E-state index in [1.807, 2.05) is 29.8 Å². The largest absolute Gasteiger partial charge is 0.381 e. The first-order valence-electron chi connectivity index (χ1n) is 8.68. The van der Waals surface area contributed by atoms with Crippen molar-refractivity contribution < 1.29 is 4.74 Å². The Labute approximate surface area is 142 Å². The Morgan fingerprint density at radius 3 is 2.79 bits per heavy atom. The van der Waals surface area contributed by atoms with Crippen LogP contribution in [-0.2, 0) is 11.3 Å². The number of anilines is 1. The van der Waals surface area contributed by atoms with Gasteiger partial charge in [-0.05, 0) is 44.4 Å². The number of hydrogen-bond donors (Lipinski definition) is 2. The molecule has 0 saturated carbocycles. The fraction of sp³-hybridized carbons (Fsp3) is 0.500. The zero-order valence-electron chi connectivity index (χ0n) is 14.4. The maximum absolute atomic E-state index is 8.24. The number of ether oxygens (including phenoxy) is 1. The van der Waals surface area contributed by atoms with E-state index in [9.17, 15) is 0 Å². The molecule has 0 aliphatic carbocycles. The lowest BCUT2D eigenvalue weighted by atomic mass is 10.1. The van der Waals surface area contributed by atoms with Crippen molar-refractivity contribution in [1.29, 1.82) is 5.41 Å². The van der Waals surface area contributed by atoms with E-state index in [0.29, 0.717) is 18.2 Å². The summed E-state index contributed by atoms with van der Waals surface area (Å²) in [6.07, 6.45) is 4.43. The average Bonchev–Trinajstić information content (AvgIpc) is 3.10. The summed E-state index contributed by atoms with van der Waals surface area (Å²) in [5.74, 6) is 0.801. The molecule has 1 aliphatic heterocycles. The predicted molar refractivity (Wildman–Crippen MR) is 95.7 cm³/mol. The van der Waals surface area contributed by atoms with Crippen LogP contribution in [0.1, 0.15) is 38.7 Å². The molecule has 2 N–H and O–H groups in total. The van der Waals surface area contributed by atoms with Crippen molar-refractivity contribution >= 4 is 11.5 Å². The predicted octanol–water partition coefficient (Wildman–Crippen LogP) is 3.33. The highest BCUT2D eigenvalue weighted by Crippen LogP contribution is 2.24. The molecule has 0 atom stereocenters. The highest BCUT2D eigenvalue weighted by atomic mass is 16.5. The third-order valence-corrected chi connectivity index (χ3v) is 4.41. The molecule has 0 amide bonds. The van der Waals surface area contributed by atoms with Crippen LogP contribution in [0.15, 0.2) is 24.4 Å². The van der Waals surface area contributed by atoms with E-state index < -0.39 is 0 Å². The van der Waals surface area contributed by atoms with Gasteiger partial charge in [0.1, 0.15) is 5.82 Å². The van der Waals surface area contributed by atoms with Crippen molar-refractivity contribution in [3.05, 3.63) is 30.0 Å². The minimum Gasteiger partial charge on any atom is -0.381 e. The van der Waals surface area contributed by atoms with Crippen molar-refractivity contribution in [3.63, 3.8) is 0 Å². The van der Waals surface area contributed by atoms with Crippen molar-refractivity contribution in [3.8, 4) is 11.4 Å². The van der Waals surface area contributed by atoms with Crippen LogP contribution in [0.3, 0.4) is 0 Å². The minimum absolute atomic E-state index is 0.348. The molecule has 3 heterocycles. The van der Waals surface area contributed by atoms with E-state index >= 15 is 0 Å². The van der Waals surface area contributed by atoms with E-state index in [4.69, 9.17) is 15.1 Å². The lowest BCUT2D eigenvalue weighted by molar-refractivity contribution is 0.0904. The number of nitrogens with one attached hydrogen (secondary N) is 2. The number of pyridine rings is 1. The number of hydrogen-bond acceptors (Lipinski definition) is 5. The normalized spacial score (nSPS) is 15.4. The maximum atomic E-state index is 8.24. The molecular formula is C18H25N5O. The van der Waals surface area contributed by atoms with Crippen LogP contribution in [0.4, 0.5) is 5.82 Å². The summed E-state index contributed by atoms with van der Waals surface area (Å²) in [6, 6.07) is 6.32. The van der Waals surface area contributed by atoms with Gasteiger partial charge in [-0.3, -0.25) is 4.68 Å². The van der Waals surface area contributed by atoms with Gasteiger partial charge in [-0.1, -0.05) is 6.92 Å². The quantitative estimate of drug-likeness (QED) is 0.798. The van der Waals surface area contributed by atoms with Crippen molar-refractivity contribution in [2.24, 2.45) is 0 Å². The molecule has 1 aliphatic rings. The maximum Gasteiger partial charge on any atom is 0.136 e. The van der Waals surface area contributed by atoms with Gasteiger partial charge in [-0.2, -0.15) is 5.10 Å². The molecule has 2 aromatic rings.